The molecule has 0 aliphatic rings. The first-order valence-corrected chi connectivity index (χ1v) is 13.0. The van der Waals surface area contributed by atoms with Crippen molar-refractivity contribution in [1.29, 1.82) is 5.26 Å². The Morgan fingerprint density at radius 1 is 0.923 bits per heavy atom. The monoisotopic (exact) mass is 600 g/mol. The molecular formula is C23H26F10N2O3S. The van der Waals surface area contributed by atoms with Gasteiger partial charge < -0.3 is 10.4 Å². The average Bonchev–Trinajstić information content (AvgIpc) is 2.80. The summed E-state index contributed by atoms with van der Waals surface area (Å²) >= 11 is 0. The molecule has 1 aromatic rings. The molecule has 0 heterocycles. The zero-order chi connectivity index (χ0) is 30.3. The Balaban J connectivity index is 2.41. The third-order valence-electron chi connectivity index (χ3n) is 5.69. The van der Waals surface area contributed by atoms with Crippen LogP contribution >= 0.6 is 0 Å². The first kappa shape index (κ1) is 34.6. The summed E-state index contributed by atoms with van der Waals surface area (Å²) in [6.45, 7) is 1.15. The van der Waals surface area contributed by atoms with Crippen LogP contribution in [0.2, 0.25) is 0 Å². The normalized spacial score (nSPS) is 15.4. The van der Waals surface area contributed by atoms with Gasteiger partial charge in [-0.2, -0.15) is 49.2 Å². The van der Waals surface area contributed by atoms with Gasteiger partial charge in [-0.3, -0.25) is 9.00 Å². The van der Waals surface area contributed by atoms with E-state index in [1.54, 1.807) is 0 Å². The fourth-order valence-electron chi connectivity index (χ4n) is 3.30. The van der Waals surface area contributed by atoms with Gasteiger partial charge in [0, 0.05) is 34.4 Å². The van der Waals surface area contributed by atoms with Crippen molar-refractivity contribution in [3.05, 3.63) is 29.3 Å². The molecule has 16 heteroatoms. The van der Waals surface area contributed by atoms with Crippen LogP contribution in [0, 0.1) is 11.3 Å². The largest absolute Gasteiger partial charge is 0.459 e. The number of nitrogens with zero attached hydrogens (tertiary/aromatic N) is 1. The summed E-state index contributed by atoms with van der Waals surface area (Å²) in [5.74, 6) is -13.9. The van der Waals surface area contributed by atoms with Crippen molar-refractivity contribution in [3.63, 3.8) is 0 Å². The van der Waals surface area contributed by atoms with E-state index in [-0.39, 0.29) is 30.7 Å². The molecule has 0 bridgehead atoms. The molecule has 39 heavy (non-hydrogen) atoms. The lowest BCUT2D eigenvalue weighted by molar-refractivity contribution is -0.354. The summed E-state index contributed by atoms with van der Waals surface area (Å²) < 4.78 is 139. The first-order chi connectivity index (χ1) is 17.7. The second kappa shape index (κ2) is 13.3. The highest BCUT2D eigenvalue weighted by molar-refractivity contribution is 7.84. The van der Waals surface area contributed by atoms with Crippen LogP contribution in [0.3, 0.4) is 0 Å². The number of hydrogen-bond donors (Lipinski definition) is 2. The van der Waals surface area contributed by atoms with E-state index in [0.29, 0.717) is 25.3 Å². The minimum absolute atomic E-state index is 0.0876. The number of amides is 1. The van der Waals surface area contributed by atoms with Crippen LogP contribution in [0.1, 0.15) is 63.0 Å². The maximum Gasteiger partial charge on any atom is 0.459 e. The van der Waals surface area contributed by atoms with E-state index >= 15 is 0 Å². The molecule has 1 rings (SSSR count). The molecule has 1 aromatic carbocycles. The second-order valence-electron chi connectivity index (χ2n) is 8.99. The van der Waals surface area contributed by atoms with Crippen LogP contribution < -0.4 is 5.32 Å². The van der Waals surface area contributed by atoms with Gasteiger partial charge in [0.1, 0.15) is 5.60 Å². The smallest absolute Gasteiger partial charge is 0.380 e. The van der Waals surface area contributed by atoms with Gasteiger partial charge >= 0.3 is 24.2 Å². The highest BCUT2D eigenvalue weighted by atomic mass is 32.2. The molecule has 1 unspecified atom stereocenters. The van der Waals surface area contributed by atoms with Gasteiger partial charge in [-0.1, -0.05) is 25.7 Å². The molecule has 5 nitrogen and oxygen atoms in total. The summed E-state index contributed by atoms with van der Waals surface area (Å²) in [7, 11) is -2.05. The maximum absolute atomic E-state index is 13.2. The molecule has 0 fully saturated rings. The zero-order valence-corrected chi connectivity index (χ0v) is 21.3. The SMILES string of the molecule is C[C@](O)(CCCCCCCS(=O)CCC(F)(F)C(F)(F)C(F)(F)F)C(=O)Nc1ccc(C#N)c(C(F)(F)F)c1. The molecule has 0 radical (unpaired) electrons. The average molecular weight is 601 g/mol. The summed E-state index contributed by atoms with van der Waals surface area (Å²) in [5, 5.41) is 21.3. The molecule has 0 aliphatic carbocycles. The third-order valence-corrected chi connectivity index (χ3v) is 7.09. The van der Waals surface area contributed by atoms with E-state index in [0.717, 1.165) is 19.1 Å². The number of carbonyl (C=O) groups is 1. The number of carbonyl (C=O) groups excluding carboxylic acids is 1. The van der Waals surface area contributed by atoms with E-state index < -0.39 is 69.8 Å². The Labute approximate surface area is 220 Å². The van der Waals surface area contributed by atoms with Gasteiger partial charge in [0.05, 0.1) is 17.2 Å². The molecule has 0 aliphatic heterocycles. The predicted molar refractivity (Wildman–Crippen MR) is 122 cm³/mol. The van der Waals surface area contributed by atoms with Crippen LogP contribution in [0.25, 0.3) is 0 Å². The lowest BCUT2D eigenvalue weighted by Gasteiger charge is -2.27. The van der Waals surface area contributed by atoms with Crippen molar-refractivity contribution >= 4 is 22.4 Å². The Bertz CT molecular complexity index is 1050. The van der Waals surface area contributed by atoms with Gasteiger partial charge in [0.25, 0.3) is 5.91 Å². The standard InChI is InChI=1S/C23H26F10N2O3S/c1-19(37,18(36)35-16-8-7-15(14-34)17(13-16)21(26,27)28)9-5-3-2-4-6-11-39(38)12-10-20(24,25)22(29,30)23(31,32)33/h7-8,13,37H,2-6,9-12H2,1H3,(H,35,36)/t19-,39?/m0/s1. The Morgan fingerprint density at radius 2 is 1.49 bits per heavy atom. The molecule has 0 aromatic heterocycles. The van der Waals surface area contributed by atoms with E-state index in [9.17, 15) is 58.0 Å². The van der Waals surface area contributed by atoms with Gasteiger partial charge in [0.2, 0.25) is 0 Å². The molecule has 222 valence electrons. The number of unbranched alkanes of at least 4 members (excludes halogenated alkanes) is 4. The topological polar surface area (TPSA) is 90.2 Å². The van der Waals surface area contributed by atoms with Gasteiger partial charge in [0.15, 0.2) is 0 Å². The van der Waals surface area contributed by atoms with Crippen molar-refractivity contribution in [1.82, 2.24) is 0 Å². The number of aliphatic hydroxyl groups is 1. The number of alkyl halides is 10. The number of nitrogens with one attached hydrogen (secondary N) is 1. The maximum atomic E-state index is 13.2. The fraction of sp³-hybridized carbons (Fsp3) is 0.652. The van der Waals surface area contributed by atoms with Crippen molar-refractivity contribution in [2.24, 2.45) is 0 Å². The van der Waals surface area contributed by atoms with Crippen LogP contribution in [0.5, 0.6) is 0 Å². The zero-order valence-electron chi connectivity index (χ0n) is 20.5. The minimum Gasteiger partial charge on any atom is -0.380 e. The summed E-state index contributed by atoms with van der Waals surface area (Å²) in [6.07, 6.45) is -11.5. The van der Waals surface area contributed by atoms with Crippen LogP contribution in [-0.4, -0.2) is 50.4 Å². The number of rotatable bonds is 14. The Hall–Kier alpha value is -2.41. The molecule has 2 atom stereocenters. The van der Waals surface area contributed by atoms with E-state index in [1.165, 1.54) is 6.07 Å². The van der Waals surface area contributed by atoms with Gasteiger partial charge in [-0.25, -0.2) is 0 Å². The van der Waals surface area contributed by atoms with Crippen molar-refractivity contribution in [2.45, 2.75) is 81.7 Å². The molecular weight excluding hydrogens is 574 g/mol. The molecule has 2 N–H and O–H groups in total. The third kappa shape index (κ3) is 9.93. The van der Waals surface area contributed by atoms with Crippen molar-refractivity contribution in [2.75, 3.05) is 16.8 Å². The van der Waals surface area contributed by atoms with Crippen molar-refractivity contribution < 1.29 is 58.0 Å². The highest BCUT2D eigenvalue weighted by Gasteiger charge is 2.72. The second-order valence-corrected chi connectivity index (χ2v) is 10.7. The van der Waals surface area contributed by atoms with Crippen molar-refractivity contribution in [3.8, 4) is 6.07 Å². The number of halogens is 10. The fourth-order valence-corrected chi connectivity index (χ4v) is 4.52. The molecule has 0 saturated heterocycles. The summed E-state index contributed by atoms with van der Waals surface area (Å²) in [5.41, 5.74) is -4.13. The molecule has 0 saturated carbocycles. The Kier molecular flexibility index (Phi) is 11.8. The van der Waals surface area contributed by atoms with E-state index in [4.69, 9.17) is 5.26 Å². The number of nitriles is 1. The highest BCUT2D eigenvalue weighted by Crippen LogP contribution is 2.48. The lowest BCUT2D eigenvalue weighted by Crippen LogP contribution is -2.52. The van der Waals surface area contributed by atoms with E-state index in [1.807, 2.05) is 0 Å². The predicted octanol–water partition coefficient (Wildman–Crippen LogP) is 6.58. The van der Waals surface area contributed by atoms with Gasteiger partial charge in [-0.05, 0) is 38.0 Å². The lowest BCUT2D eigenvalue weighted by atomic mass is 9.96. The molecule has 0 spiro atoms. The Morgan fingerprint density at radius 3 is 2.03 bits per heavy atom. The quantitative estimate of drug-likeness (QED) is 0.187. The molecule has 1 amide bonds. The summed E-state index contributed by atoms with van der Waals surface area (Å²) in [4.78, 5) is 12.3. The first-order valence-electron chi connectivity index (χ1n) is 11.5. The number of hydrogen-bond acceptors (Lipinski definition) is 4. The van der Waals surface area contributed by atoms with Gasteiger partial charge in [-0.15, -0.1) is 0 Å². The number of benzene rings is 1. The van der Waals surface area contributed by atoms with Crippen LogP contribution in [-0.2, 0) is 21.8 Å². The van der Waals surface area contributed by atoms with E-state index in [2.05, 4.69) is 5.32 Å². The van der Waals surface area contributed by atoms with Crippen LogP contribution in [0.4, 0.5) is 49.6 Å². The summed E-state index contributed by atoms with van der Waals surface area (Å²) in [6, 6.07) is 3.92. The van der Waals surface area contributed by atoms with Crippen LogP contribution in [0.15, 0.2) is 18.2 Å². The minimum atomic E-state index is -6.44. The number of anilines is 1.